The zero-order valence-electron chi connectivity index (χ0n) is 9.41. The minimum Gasteiger partial charge on any atom is -0.374 e. The van der Waals surface area contributed by atoms with Gasteiger partial charge in [-0.3, -0.25) is 0 Å². The van der Waals surface area contributed by atoms with Crippen LogP contribution >= 0.6 is 22.7 Å². The van der Waals surface area contributed by atoms with Crippen LogP contribution in [0, 0.1) is 0 Å². The predicted octanol–water partition coefficient (Wildman–Crippen LogP) is 0.245. The van der Waals surface area contributed by atoms with Gasteiger partial charge < -0.3 is 21.7 Å². The molecule has 0 saturated carbocycles. The molecule has 0 aromatic carbocycles. The number of hydrogen-bond donors (Lipinski definition) is 3. The van der Waals surface area contributed by atoms with Crippen LogP contribution in [0.5, 0.6) is 0 Å². The Kier molecular flexibility index (Phi) is 2.88. The number of nitrogens with zero attached hydrogens (tertiary/aromatic N) is 5. The number of anilines is 4. The Morgan fingerprint density at radius 1 is 1.11 bits per heavy atom. The van der Waals surface area contributed by atoms with Crippen molar-refractivity contribution in [2.24, 2.45) is 0 Å². The molecular formula is C8H12N8S2. The molecule has 1 fully saturated rings. The van der Waals surface area contributed by atoms with E-state index in [0.29, 0.717) is 16.3 Å². The van der Waals surface area contributed by atoms with Crippen LogP contribution in [-0.2, 0) is 0 Å². The summed E-state index contributed by atoms with van der Waals surface area (Å²) in [6.07, 6.45) is 1.01. The number of nitrogens with one attached hydrogen (secondary N) is 1. The third-order valence-corrected chi connectivity index (χ3v) is 4.15. The number of nitrogens with two attached hydrogens (primary N) is 2. The third kappa shape index (κ3) is 2.29. The van der Waals surface area contributed by atoms with Gasteiger partial charge in [0.05, 0.1) is 0 Å². The second kappa shape index (κ2) is 4.53. The first-order valence-corrected chi connectivity index (χ1v) is 7.03. The average molecular weight is 284 g/mol. The van der Waals surface area contributed by atoms with E-state index < -0.39 is 0 Å². The van der Waals surface area contributed by atoms with Gasteiger partial charge in [-0.25, -0.2) is 0 Å². The van der Waals surface area contributed by atoms with E-state index >= 15 is 0 Å². The van der Waals surface area contributed by atoms with Crippen molar-refractivity contribution < 1.29 is 0 Å². The minimum absolute atomic E-state index is 0.322. The van der Waals surface area contributed by atoms with Gasteiger partial charge in [0, 0.05) is 19.1 Å². The van der Waals surface area contributed by atoms with Crippen molar-refractivity contribution in [2.45, 2.75) is 12.5 Å². The molecule has 1 atom stereocenters. The molecule has 0 aliphatic carbocycles. The summed E-state index contributed by atoms with van der Waals surface area (Å²) in [6, 6.07) is 0.322. The van der Waals surface area contributed by atoms with E-state index in [9.17, 15) is 0 Å². The summed E-state index contributed by atoms with van der Waals surface area (Å²) in [6.45, 7) is 1.79. The molecule has 8 nitrogen and oxygen atoms in total. The summed E-state index contributed by atoms with van der Waals surface area (Å²) in [5.74, 6) is 0. The highest BCUT2D eigenvalue weighted by molar-refractivity contribution is 7.19. The fraction of sp³-hybridized carbons (Fsp3) is 0.500. The number of aromatic nitrogens is 4. The molecule has 5 N–H and O–H groups in total. The van der Waals surface area contributed by atoms with E-state index in [1.54, 1.807) is 0 Å². The number of rotatable bonds is 3. The van der Waals surface area contributed by atoms with E-state index in [1.165, 1.54) is 22.7 Å². The first-order chi connectivity index (χ1) is 8.70. The van der Waals surface area contributed by atoms with Crippen molar-refractivity contribution in [2.75, 3.05) is 34.8 Å². The van der Waals surface area contributed by atoms with Gasteiger partial charge in [-0.05, 0) is 6.42 Å². The molecule has 3 heterocycles. The van der Waals surface area contributed by atoms with Gasteiger partial charge in [0.1, 0.15) is 0 Å². The lowest BCUT2D eigenvalue weighted by atomic mass is 10.3. The Morgan fingerprint density at radius 3 is 2.56 bits per heavy atom. The van der Waals surface area contributed by atoms with Gasteiger partial charge in [0.15, 0.2) is 0 Å². The predicted molar refractivity (Wildman–Crippen MR) is 72.9 cm³/mol. The van der Waals surface area contributed by atoms with Crippen molar-refractivity contribution in [3.05, 3.63) is 0 Å². The Labute approximate surface area is 111 Å². The maximum Gasteiger partial charge on any atom is 0.210 e. The highest BCUT2D eigenvalue weighted by Gasteiger charge is 2.25. The molecule has 1 unspecified atom stereocenters. The first kappa shape index (κ1) is 11.4. The number of nitrogen functional groups attached to an aromatic ring is 2. The molecule has 18 heavy (non-hydrogen) atoms. The summed E-state index contributed by atoms with van der Waals surface area (Å²) in [7, 11) is 0. The molecule has 1 aliphatic heterocycles. The van der Waals surface area contributed by atoms with Gasteiger partial charge in [-0.2, -0.15) is 0 Å². The second-order valence-electron chi connectivity index (χ2n) is 3.94. The number of hydrogen-bond acceptors (Lipinski definition) is 10. The molecule has 0 amide bonds. The summed E-state index contributed by atoms with van der Waals surface area (Å²) in [5.41, 5.74) is 11.1. The van der Waals surface area contributed by atoms with Crippen LogP contribution in [0.2, 0.25) is 0 Å². The van der Waals surface area contributed by atoms with Gasteiger partial charge in [0.2, 0.25) is 20.5 Å². The Balaban J connectivity index is 1.61. The van der Waals surface area contributed by atoms with Crippen LogP contribution in [0.3, 0.4) is 0 Å². The molecule has 2 aromatic heterocycles. The Hall–Kier alpha value is -1.68. The van der Waals surface area contributed by atoms with Crippen LogP contribution in [0.15, 0.2) is 0 Å². The first-order valence-electron chi connectivity index (χ1n) is 5.40. The zero-order valence-corrected chi connectivity index (χ0v) is 11.0. The molecule has 96 valence electrons. The SMILES string of the molecule is Nc1nnc(NC2CCN(c3nnc(N)s3)C2)s1. The van der Waals surface area contributed by atoms with E-state index in [-0.39, 0.29) is 0 Å². The van der Waals surface area contributed by atoms with Crippen molar-refractivity contribution >= 4 is 43.2 Å². The van der Waals surface area contributed by atoms with Crippen LogP contribution in [0.1, 0.15) is 6.42 Å². The molecule has 0 spiro atoms. The van der Waals surface area contributed by atoms with Gasteiger partial charge in [-0.15, -0.1) is 20.4 Å². The molecule has 0 radical (unpaired) electrons. The third-order valence-electron chi connectivity index (χ3n) is 2.66. The maximum absolute atomic E-state index is 5.58. The highest BCUT2D eigenvalue weighted by Crippen LogP contribution is 2.27. The lowest BCUT2D eigenvalue weighted by Gasteiger charge is -2.14. The van der Waals surface area contributed by atoms with Crippen molar-refractivity contribution in [3.63, 3.8) is 0 Å². The minimum atomic E-state index is 0.322. The lowest BCUT2D eigenvalue weighted by molar-refractivity contribution is 0.801. The van der Waals surface area contributed by atoms with Gasteiger partial charge in [-0.1, -0.05) is 22.7 Å². The Morgan fingerprint density at radius 2 is 1.89 bits per heavy atom. The summed E-state index contributed by atoms with van der Waals surface area (Å²) >= 11 is 2.76. The zero-order chi connectivity index (χ0) is 12.5. The lowest BCUT2D eigenvalue weighted by Crippen LogP contribution is -2.25. The van der Waals surface area contributed by atoms with Crippen LogP contribution in [-0.4, -0.2) is 39.5 Å². The topological polar surface area (TPSA) is 119 Å². The van der Waals surface area contributed by atoms with E-state index in [2.05, 4.69) is 30.6 Å². The largest absolute Gasteiger partial charge is 0.374 e. The van der Waals surface area contributed by atoms with Gasteiger partial charge >= 0.3 is 0 Å². The molecule has 0 bridgehead atoms. The summed E-state index contributed by atoms with van der Waals surface area (Å²) in [4.78, 5) is 2.16. The van der Waals surface area contributed by atoms with E-state index in [4.69, 9.17) is 11.5 Å². The Bertz CT molecular complexity index is 537. The summed E-state index contributed by atoms with van der Waals surface area (Å²) < 4.78 is 0. The fourth-order valence-corrected chi connectivity index (χ4v) is 3.11. The second-order valence-corrected chi connectivity index (χ2v) is 5.94. The van der Waals surface area contributed by atoms with Crippen LogP contribution < -0.4 is 21.7 Å². The highest BCUT2D eigenvalue weighted by atomic mass is 32.1. The van der Waals surface area contributed by atoms with Crippen molar-refractivity contribution in [1.29, 1.82) is 0 Å². The van der Waals surface area contributed by atoms with Crippen LogP contribution in [0.4, 0.5) is 20.5 Å². The summed E-state index contributed by atoms with van der Waals surface area (Å²) in [5, 5.41) is 21.5. The quantitative estimate of drug-likeness (QED) is 0.733. The van der Waals surface area contributed by atoms with Crippen molar-refractivity contribution in [1.82, 2.24) is 20.4 Å². The molecule has 10 heteroatoms. The molecular weight excluding hydrogens is 272 g/mol. The molecule has 1 aliphatic rings. The van der Waals surface area contributed by atoms with E-state index in [1.807, 2.05) is 0 Å². The monoisotopic (exact) mass is 284 g/mol. The standard InChI is InChI=1S/C8H12N8S2/c9-5-12-14-7(17-5)11-4-1-2-16(3-4)8-15-13-6(10)18-8/h4H,1-3H2,(H2,9,12)(H2,10,13)(H,11,14). The maximum atomic E-state index is 5.58. The molecule has 1 saturated heterocycles. The van der Waals surface area contributed by atoms with Gasteiger partial charge in [0.25, 0.3) is 0 Å². The van der Waals surface area contributed by atoms with E-state index in [0.717, 1.165) is 29.8 Å². The molecule has 2 aromatic rings. The van der Waals surface area contributed by atoms with Crippen LogP contribution in [0.25, 0.3) is 0 Å². The fourth-order valence-electron chi connectivity index (χ4n) is 1.87. The average Bonchev–Trinajstić information content (AvgIpc) is 3.01. The van der Waals surface area contributed by atoms with Crippen molar-refractivity contribution in [3.8, 4) is 0 Å². The molecule has 3 rings (SSSR count). The smallest absolute Gasteiger partial charge is 0.210 e. The normalized spacial score (nSPS) is 19.3.